The van der Waals surface area contributed by atoms with Crippen LogP contribution >= 0.6 is 0 Å². The molecule has 1 N–H and O–H groups in total. The van der Waals surface area contributed by atoms with Gasteiger partial charge >= 0.3 is 0 Å². The Hall–Kier alpha value is -0.240. The maximum Gasteiger partial charge on any atom is 0.190 e. The lowest BCUT2D eigenvalue weighted by Crippen LogP contribution is -2.52. The Morgan fingerprint density at radius 1 is 1.00 bits per heavy atom. The maximum absolute atomic E-state index is 9.99. The number of hydrogen-bond acceptors (Lipinski definition) is 6. The van der Waals surface area contributed by atoms with Gasteiger partial charge in [-0.1, -0.05) is 26.7 Å². The minimum absolute atomic E-state index is 0.184. The van der Waals surface area contributed by atoms with Crippen LogP contribution in [0.5, 0.6) is 0 Å². The Balaban J connectivity index is 2.05. The Labute approximate surface area is 139 Å². The lowest BCUT2D eigenvalue weighted by atomic mass is 9.96. The van der Waals surface area contributed by atoms with Crippen LogP contribution < -0.4 is 0 Å². The lowest BCUT2D eigenvalue weighted by Gasteiger charge is -2.35. The average molecular weight is 332 g/mol. The number of aliphatic hydroxyl groups excluding tert-OH is 1. The summed E-state index contributed by atoms with van der Waals surface area (Å²) >= 11 is 0. The van der Waals surface area contributed by atoms with Crippen molar-refractivity contribution in [3.8, 4) is 0 Å². The zero-order valence-electron chi connectivity index (χ0n) is 14.9. The normalized spacial score (nSPS) is 35.6. The molecule has 2 aliphatic rings. The molecule has 23 heavy (non-hydrogen) atoms. The molecule has 0 aliphatic carbocycles. The molecule has 4 atom stereocenters. The van der Waals surface area contributed by atoms with Gasteiger partial charge in [-0.2, -0.15) is 0 Å². The van der Waals surface area contributed by atoms with E-state index in [1.807, 2.05) is 13.8 Å². The fourth-order valence-corrected chi connectivity index (χ4v) is 3.03. The zero-order chi connectivity index (χ0) is 16.9. The van der Waals surface area contributed by atoms with Gasteiger partial charge in [0, 0.05) is 13.2 Å². The third-order valence-corrected chi connectivity index (χ3v) is 4.31. The van der Waals surface area contributed by atoms with Crippen molar-refractivity contribution in [1.82, 2.24) is 0 Å². The monoisotopic (exact) mass is 332 g/mol. The summed E-state index contributed by atoms with van der Waals surface area (Å²) in [5.41, 5.74) is -0.923. The van der Waals surface area contributed by atoms with E-state index >= 15 is 0 Å². The first-order chi connectivity index (χ1) is 11.0. The smallest absolute Gasteiger partial charge is 0.190 e. The molecule has 0 bridgehead atoms. The van der Waals surface area contributed by atoms with Gasteiger partial charge in [0.2, 0.25) is 0 Å². The van der Waals surface area contributed by atoms with Crippen LogP contribution in [-0.4, -0.2) is 61.4 Å². The van der Waals surface area contributed by atoms with E-state index in [-0.39, 0.29) is 19.3 Å². The van der Waals surface area contributed by atoms with Gasteiger partial charge < -0.3 is 28.8 Å². The summed E-state index contributed by atoms with van der Waals surface area (Å²) in [6, 6.07) is 0. The summed E-state index contributed by atoms with van der Waals surface area (Å²) in [5.74, 6) is -0.702. The van der Waals surface area contributed by atoms with Crippen LogP contribution in [0.15, 0.2) is 0 Å². The molecule has 2 heterocycles. The van der Waals surface area contributed by atoms with Crippen LogP contribution in [-0.2, 0) is 23.7 Å². The molecule has 2 unspecified atom stereocenters. The summed E-state index contributed by atoms with van der Waals surface area (Å²) in [6.45, 7) is 9.29. The fourth-order valence-electron chi connectivity index (χ4n) is 3.03. The van der Waals surface area contributed by atoms with Crippen LogP contribution in [0.25, 0.3) is 0 Å². The molecule has 0 aromatic rings. The summed E-state index contributed by atoms with van der Waals surface area (Å²) in [7, 11) is 0. The first-order valence-corrected chi connectivity index (χ1v) is 8.81. The Kier molecular flexibility index (Phi) is 6.83. The average Bonchev–Trinajstić information content (AvgIpc) is 2.94. The zero-order valence-corrected chi connectivity index (χ0v) is 14.9. The second kappa shape index (κ2) is 8.23. The third kappa shape index (κ3) is 4.44. The van der Waals surface area contributed by atoms with Crippen molar-refractivity contribution in [2.75, 3.05) is 26.4 Å². The highest BCUT2D eigenvalue weighted by Crippen LogP contribution is 2.43. The van der Waals surface area contributed by atoms with Crippen molar-refractivity contribution < 1.29 is 28.8 Å². The first kappa shape index (κ1) is 19.1. The molecule has 0 aromatic carbocycles. The molecule has 0 saturated carbocycles. The van der Waals surface area contributed by atoms with Crippen LogP contribution in [0.2, 0.25) is 0 Å². The largest absolute Gasteiger partial charge is 0.393 e. The van der Waals surface area contributed by atoms with Gasteiger partial charge in [-0.05, 0) is 26.7 Å². The third-order valence-electron chi connectivity index (χ3n) is 4.31. The molecule has 136 valence electrons. The quantitative estimate of drug-likeness (QED) is 0.619. The number of ether oxygens (including phenoxy) is 5. The second-order valence-corrected chi connectivity index (χ2v) is 6.86. The molecule has 2 saturated heterocycles. The summed E-state index contributed by atoms with van der Waals surface area (Å²) in [4.78, 5) is 0. The van der Waals surface area contributed by atoms with Crippen molar-refractivity contribution in [2.24, 2.45) is 0 Å². The molecule has 2 rings (SSSR count). The molecule has 0 amide bonds. The highest BCUT2D eigenvalue weighted by atomic mass is 16.8. The molecular weight excluding hydrogens is 300 g/mol. The van der Waals surface area contributed by atoms with E-state index in [0.29, 0.717) is 13.2 Å². The van der Waals surface area contributed by atoms with Crippen LogP contribution in [0.1, 0.15) is 53.4 Å². The van der Waals surface area contributed by atoms with E-state index in [9.17, 15) is 5.11 Å². The van der Waals surface area contributed by atoms with Gasteiger partial charge in [0.25, 0.3) is 0 Å². The molecule has 0 radical (unpaired) electrons. The van der Waals surface area contributed by atoms with Crippen molar-refractivity contribution in [2.45, 2.75) is 83.3 Å². The predicted octanol–water partition coefficient (Wildman–Crippen LogP) is 2.23. The molecule has 0 spiro atoms. The van der Waals surface area contributed by atoms with Crippen molar-refractivity contribution >= 4 is 0 Å². The molecule has 2 fully saturated rings. The molecule has 0 aromatic heterocycles. The highest BCUT2D eigenvalue weighted by Gasteiger charge is 2.62. The maximum atomic E-state index is 9.99. The fraction of sp³-hybridized carbons (Fsp3) is 1.00. The number of aliphatic hydroxyl groups is 1. The van der Waals surface area contributed by atoms with Crippen molar-refractivity contribution in [1.29, 1.82) is 0 Å². The lowest BCUT2D eigenvalue weighted by molar-refractivity contribution is -0.260. The van der Waals surface area contributed by atoms with E-state index in [4.69, 9.17) is 23.7 Å². The minimum Gasteiger partial charge on any atom is -0.393 e. The highest BCUT2D eigenvalue weighted by molar-refractivity contribution is 5.04. The van der Waals surface area contributed by atoms with Gasteiger partial charge in [0.05, 0.1) is 13.2 Å². The van der Waals surface area contributed by atoms with E-state index in [1.165, 1.54) is 0 Å². The Morgan fingerprint density at radius 3 is 2.35 bits per heavy atom. The van der Waals surface area contributed by atoms with Gasteiger partial charge in [-0.25, -0.2) is 0 Å². The Morgan fingerprint density at radius 2 is 1.70 bits per heavy atom. The number of hydrogen-bond donors (Lipinski definition) is 1. The van der Waals surface area contributed by atoms with Gasteiger partial charge in [0.15, 0.2) is 12.1 Å². The minimum atomic E-state index is -0.923. The van der Waals surface area contributed by atoms with Gasteiger partial charge in [0.1, 0.15) is 17.8 Å². The number of rotatable bonds is 10. The van der Waals surface area contributed by atoms with E-state index in [2.05, 4.69) is 13.8 Å². The molecule has 6 heteroatoms. The summed E-state index contributed by atoms with van der Waals surface area (Å²) < 4.78 is 29.6. The van der Waals surface area contributed by atoms with Crippen LogP contribution in [0.3, 0.4) is 0 Å². The first-order valence-electron chi connectivity index (χ1n) is 8.81. The van der Waals surface area contributed by atoms with E-state index in [1.54, 1.807) is 0 Å². The number of unbranched alkanes of at least 4 members (excludes halogenated alkanes) is 2. The molecule has 2 aliphatic heterocycles. The predicted molar refractivity (Wildman–Crippen MR) is 85.1 cm³/mol. The van der Waals surface area contributed by atoms with Crippen molar-refractivity contribution in [3.63, 3.8) is 0 Å². The summed E-state index contributed by atoms with van der Waals surface area (Å²) in [6.07, 6.45) is 2.78. The molecular formula is C17H32O6. The van der Waals surface area contributed by atoms with Crippen LogP contribution in [0, 0.1) is 0 Å². The Bertz CT molecular complexity index is 361. The van der Waals surface area contributed by atoms with Crippen LogP contribution in [0.4, 0.5) is 0 Å². The standard InChI is InChI=1S/C17H32O6/c1-5-7-9-19-12-17(11-18)14(20-10-8-6-2)13-15(23-17)22-16(3,4)21-13/h13-15,18H,5-12H2,1-4H3/t13?,14?,15-,17+/m0/s1. The van der Waals surface area contributed by atoms with Gasteiger partial charge in [-0.3, -0.25) is 0 Å². The molecule has 6 nitrogen and oxygen atoms in total. The van der Waals surface area contributed by atoms with Gasteiger partial charge in [-0.15, -0.1) is 0 Å². The number of fused-ring (bicyclic) bond motifs is 1. The topological polar surface area (TPSA) is 66.4 Å². The van der Waals surface area contributed by atoms with Crippen molar-refractivity contribution in [3.05, 3.63) is 0 Å². The SMILES string of the molecule is CCCCOC[C@@]1(CO)O[C@@H]2OC(C)(C)OC2C1OCCCC. The van der Waals surface area contributed by atoms with E-state index in [0.717, 1.165) is 25.7 Å². The summed E-state index contributed by atoms with van der Waals surface area (Å²) in [5, 5.41) is 9.99. The second-order valence-electron chi connectivity index (χ2n) is 6.86. The van der Waals surface area contributed by atoms with E-state index < -0.39 is 23.8 Å².